The summed E-state index contributed by atoms with van der Waals surface area (Å²) in [6, 6.07) is 2.35. The first-order chi connectivity index (χ1) is 7.24. The molecular formula is C13H17IO. The molecule has 0 aliphatic carbocycles. The van der Waals surface area contributed by atoms with Crippen LogP contribution in [0.4, 0.5) is 0 Å². The van der Waals surface area contributed by atoms with Crippen molar-refractivity contribution in [3.8, 4) is 0 Å². The van der Waals surface area contributed by atoms with Crippen molar-refractivity contribution in [1.29, 1.82) is 0 Å². The van der Waals surface area contributed by atoms with Gasteiger partial charge in [0, 0.05) is 3.57 Å². The zero-order chi connectivity index (χ0) is 10.8. The standard InChI is InChI=1S/C13H17IO/c1-3-4-5-10-6-9(2)11-7-15-8-12(11)13(10)14/h6H,3-5,7-8H2,1-2H3. The molecule has 0 saturated heterocycles. The van der Waals surface area contributed by atoms with Gasteiger partial charge in [0.05, 0.1) is 13.2 Å². The molecule has 2 rings (SSSR count). The van der Waals surface area contributed by atoms with Gasteiger partial charge in [-0.05, 0) is 64.6 Å². The zero-order valence-electron chi connectivity index (χ0n) is 9.40. The van der Waals surface area contributed by atoms with E-state index in [-0.39, 0.29) is 0 Å². The Labute approximate surface area is 105 Å². The van der Waals surface area contributed by atoms with E-state index in [1.54, 1.807) is 0 Å². The molecule has 1 aromatic carbocycles. The highest BCUT2D eigenvalue weighted by Crippen LogP contribution is 2.31. The van der Waals surface area contributed by atoms with Crippen LogP contribution < -0.4 is 0 Å². The number of rotatable bonds is 3. The molecule has 0 aromatic heterocycles. The average molecular weight is 316 g/mol. The lowest BCUT2D eigenvalue weighted by Crippen LogP contribution is -1.98. The van der Waals surface area contributed by atoms with Crippen molar-refractivity contribution < 1.29 is 4.74 Å². The molecule has 0 N–H and O–H groups in total. The highest BCUT2D eigenvalue weighted by molar-refractivity contribution is 14.1. The van der Waals surface area contributed by atoms with Gasteiger partial charge in [-0.15, -0.1) is 0 Å². The van der Waals surface area contributed by atoms with Crippen molar-refractivity contribution in [1.82, 2.24) is 0 Å². The van der Waals surface area contributed by atoms with E-state index in [1.165, 1.54) is 45.1 Å². The summed E-state index contributed by atoms with van der Waals surface area (Å²) in [5.74, 6) is 0. The highest BCUT2D eigenvalue weighted by Gasteiger charge is 2.18. The molecule has 0 saturated carbocycles. The van der Waals surface area contributed by atoms with E-state index in [0.29, 0.717) is 0 Å². The van der Waals surface area contributed by atoms with E-state index in [4.69, 9.17) is 4.74 Å². The van der Waals surface area contributed by atoms with Crippen molar-refractivity contribution in [3.05, 3.63) is 31.9 Å². The first-order valence-electron chi connectivity index (χ1n) is 5.61. The maximum Gasteiger partial charge on any atom is 0.0735 e. The molecule has 1 nitrogen and oxygen atoms in total. The smallest absolute Gasteiger partial charge is 0.0735 e. The number of fused-ring (bicyclic) bond motifs is 1. The van der Waals surface area contributed by atoms with Crippen LogP contribution in [0.2, 0.25) is 0 Å². The van der Waals surface area contributed by atoms with Crippen LogP contribution >= 0.6 is 22.6 Å². The van der Waals surface area contributed by atoms with E-state index in [1.807, 2.05) is 0 Å². The molecule has 0 amide bonds. The molecule has 1 aliphatic rings. The summed E-state index contributed by atoms with van der Waals surface area (Å²) in [6.45, 7) is 6.08. The van der Waals surface area contributed by atoms with Crippen LogP contribution in [0.3, 0.4) is 0 Å². The molecular weight excluding hydrogens is 299 g/mol. The van der Waals surface area contributed by atoms with Gasteiger partial charge in [0.15, 0.2) is 0 Å². The number of hydrogen-bond acceptors (Lipinski definition) is 1. The second-order valence-corrected chi connectivity index (χ2v) is 5.30. The number of ether oxygens (including phenoxy) is 1. The minimum absolute atomic E-state index is 0.811. The predicted octanol–water partition coefficient (Wildman–Crippen LogP) is 3.97. The van der Waals surface area contributed by atoms with Crippen molar-refractivity contribution in [2.75, 3.05) is 0 Å². The monoisotopic (exact) mass is 316 g/mol. The number of aryl methyl sites for hydroxylation is 2. The Morgan fingerprint density at radius 3 is 2.80 bits per heavy atom. The van der Waals surface area contributed by atoms with Crippen molar-refractivity contribution in [2.24, 2.45) is 0 Å². The Kier molecular flexibility index (Phi) is 3.67. The Bertz CT molecular complexity index is 371. The summed E-state index contributed by atoms with van der Waals surface area (Å²) in [5, 5.41) is 0. The summed E-state index contributed by atoms with van der Waals surface area (Å²) in [4.78, 5) is 0. The summed E-state index contributed by atoms with van der Waals surface area (Å²) >= 11 is 2.48. The molecule has 82 valence electrons. The molecule has 2 heteroatoms. The van der Waals surface area contributed by atoms with Crippen molar-refractivity contribution in [3.63, 3.8) is 0 Å². The number of hydrogen-bond donors (Lipinski definition) is 0. The SMILES string of the molecule is CCCCc1cc(C)c2c(c1I)COC2. The van der Waals surface area contributed by atoms with E-state index in [0.717, 1.165) is 13.2 Å². The Balaban J connectivity index is 2.36. The van der Waals surface area contributed by atoms with Gasteiger partial charge in [-0.3, -0.25) is 0 Å². The summed E-state index contributed by atoms with van der Waals surface area (Å²) < 4.78 is 6.97. The Morgan fingerprint density at radius 1 is 1.33 bits per heavy atom. The van der Waals surface area contributed by atoms with E-state index in [2.05, 4.69) is 42.5 Å². The van der Waals surface area contributed by atoms with Crippen LogP contribution in [0.1, 0.15) is 42.0 Å². The second kappa shape index (κ2) is 4.83. The summed E-state index contributed by atoms with van der Waals surface area (Å²) in [6.07, 6.45) is 3.76. The molecule has 0 radical (unpaired) electrons. The molecule has 0 fully saturated rings. The highest BCUT2D eigenvalue weighted by atomic mass is 127. The topological polar surface area (TPSA) is 9.23 Å². The third kappa shape index (κ3) is 2.21. The molecule has 1 aliphatic heterocycles. The fourth-order valence-corrected chi connectivity index (χ4v) is 3.04. The van der Waals surface area contributed by atoms with Gasteiger partial charge in [0.2, 0.25) is 0 Å². The van der Waals surface area contributed by atoms with Gasteiger partial charge >= 0.3 is 0 Å². The second-order valence-electron chi connectivity index (χ2n) is 4.22. The molecule has 0 bridgehead atoms. The van der Waals surface area contributed by atoms with Gasteiger partial charge < -0.3 is 4.74 Å². The maximum atomic E-state index is 5.53. The number of benzene rings is 1. The van der Waals surface area contributed by atoms with E-state index < -0.39 is 0 Å². The third-order valence-electron chi connectivity index (χ3n) is 3.07. The van der Waals surface area contributed by atoms with Crippen LogP contribution in [0, 0.1) is 10.5 Å². The Hall–Kier alpha value is -0.0900. The van der Waals surface area contributed by atoms with Crippen LogP contribution in [-0.4, -0.2) is 0 Å². The van der Waals surface area contributed by atoms with Crippen LogP contribution in [0.15, 0.2) is 6.07 Å². The van der Waals surface area contributed by atoms with Gasteiger partial charge in [0.1, 0.15) is 0 Å². The minimum atomic E-state index is 0.811. The maximum absolute atomic E-state index is 5.53. The first kappa shape index (κ1) is 11.4. The van der Waals surface area contributed by atoms with Gasteiger partial charge in [0.25, 0.3) is 0 Å². The van der Waals surface area contributed by atoms with Crippen molar-refractivity contribution >= 4 is 22.6 Å². The van der Waals surface area contributed by atoms with Gasteiger partial charge in [-0.2, -0.15) is 0 Å². The summed E-state index contributed by atoms with van der Waals surface area (Å²) in [5.41, 5.74) is 5.80. The van der Waals surface area contributed by atoms with Gasteiger partial charge in [-0.1, -0.05) is 19.4 Å². The molecule has 1 heterocycles. The van der Waals surface area contributed by atoms with Crippen LogP contribution in [0.5, 0.6) is 0 Å². The van der Waals surface area contributed by atoms with Crippen LogP contribution in [0.25, 0.3) is 0 Å². The molecule has 0 atom stereocenters. The van der Waals surface area contributed by atoms with Crippen LogP contribution in [-0.2, 0) is 24.4 Å². The molecule has 0 spiro atoms. The number of halogens is 1. The fourth-order valence-electron chi connectivity index (χ4n) is 2.13. The summed E-state index contributed by atoms with van der Waals surface area (Å²) in [7, 11) is 0. The van der Waals surface area contributed by atoms with Gasteiger partial charge in [-0.25, -0.2) is 0 Å². The fraction of sp³-hybridized carbons (Fsp3) is 0.538. The third-order valence-corrected chi connectivity index (χ3v) is 4.41. The molecule has 0 unspecified atom stereocenters. The normalized spacial score (nSPS) is 14.3. The lowest BCUT2D eigenvalue weighted by atomic mass is 9.98. The predicted molar refractivity (Wildman–Crippen MR) is 71.0 cm³/mol. The quantitative estimate of drug-likeness (QED) is 0.767. The molecule has 15 heavy (non-hydrogen) atoms. The van der Waals surface area contributed by atoms with Crippen molar-refractivity contribution in [2.45, 2.75) is 46.3 Å². The van der Waals surface area contributed by atoms with E-state index >= 15 is 0 Å². The lowest BCUT2D eigenvalue weighted by Gasteiger charge is -2.11. The first-order valence-corrected chi connectivity index (χ1v) is 6.69. The molecule has 1 aromatic rings. The van der Waals surface area contributed by atoms with E-state index in [9.17, 15) is 0 Å². The minimum Gasteiger partial charge on any atom is -0.372 e. The largest absolute Gasteiger partial charge is 0.372 e. The number of unbranched alkanes of at least 4 members (excludes halogenated alkanes) is 1. The average Bonchev–Trinajstić information content (AvgIpc) is 2.70. The lowest BCUT2D eigenvalue weighted by molar-refractivity contribution is 0.134. The zero-order valence-corrected chi connectivity index (χ0v) is 11.6. The Morgan fingerprint density at radius 2 is 2.07 bits per heavy atom.